The molecule has 0 aromatic heterocycles. The number of nitrogens with one attached hydrogen (secondary N) is 1. The van der Waals surface area contributed by atoms with Crippen LogP contribution in [0.2, 0.25) is 0 Å². The van der Waals surface area contributed by atoms with E-state index in [0.29, 0.717) is 6.61 Å². The minimum absolute atomic E-state index is 0.409. The molecule has 0 saturated carbocycles. The molecule has 0 rings (SSSR count). The zero-order valence-electron chi connectivity index (χ0n) is 10.0. The lowest BCUT2D eigenvalue weighted by atomic mass is 10.4. The highest BCUT2D eigenvalue weighted by molar-refractivity contribution is 8.06. The molecule has 0 unspecified atom stereocenters. The summed E-state index contributed by atoms with van der Waals surface area (Å²) in [5, 5.41) is 3.84. The number of ether oxygens (including phenoxy) is 1. The van der Waals surface area contributed by atoms with Crippen LogP contribution < -0.4 is 5.32 Å². The van der Waals surface area contributed by atoms with Gasteiger partial charge >= 0.3 is 0 Å². The monoisotopic (exact) mass is 237 g/mol. The Hall–Kier alpha value is -1.35. The van der Waals surface area contributed by atoms with Crippen molar-refractivity contribution in [2.24, 2.45) is 0 Å². The number of rotatable bonds is 8. The molecule has 0 aliphatic heterocycles. The second-order valence-corrected chi connectivity index (χ2v) is 4.65. The molecule has 3 heteroatoms. The maximum absolute atomic E-state index is 5.41. The first-order valence-electron chi connectivity index (χ1n) is 4.85. The molecule has 0 saturated heterocycles. The van der Waals surface area contributed by atoms with Crippen LogP contribution in [-0.2, 0) is 4.74 Å². The number of thioether (sulfide) groups is 1. The van der Waals surface area contributed by atoms with Crippen LogP contribution >= 0.6 is 11.8 Å². The molecule has 0 aliphatic carbocycles. The Morgan fingerprint density at radius 3 is 2.44 bits per heavy atom. The van der Waals surface area contributed by atoms with Gasteiger partial charge in [-0.15, -0.1) is 0 Å². The molecule has 0 amide bonds. The predicted molar refractivity (Wildman–Crippen MR) is 73.7 cm³/mol. The predicted octanol–water partition coefficient (Wildman–Crippen LogP) is 3.93. The molecule has 0 spiro atoms. The zero-order chi connectivity index (χ0) is 12.6. The lowest BCUT2D eigenvalue weighted by Gasteiger charge is -2.12. The van der Waals surface area contributed by atoms with Crippen LogP contribution in [0.1, 0.15) is 13.8 Å². The third kappa shape index (κ3) is 8.00. The van der Waals surface area contributed by atoms with Gasteiger partial charge in [0.2, 0.25) is 0 Å². The van der Waals surface area contributed by atoms with Gasteiger partial charge in [0.15, 0.2) is 0 Å². The first kappa shape index (κ1) is 14.6. The second kappa shape index (κ2) is 7.88. The Balaban J connectivity index is 3.91. The SMILES string of the molecule is C=C/C=C(\C)OCC(=C)NC(=C)SC(=C)C. The number of allylic oxidation sites excluding steroid dienone is 4. The van der Waals surface area contributed by atoms with Crippen molar-refractivity contribution < 1.29 is 4.74 Å². The van der Waals surface area contributed by atoms with Crippen molar-refractivity contribution in [2.75, 3.05) is 6.61 Å². The van der Waals surface area contributed by atoms with Gasteiger partial charge in [-0.2, -0.15) is 0 Å². The molecule has 1 N–H and O–H groups in total. The summed E-state index contributed by atoms with van der Waals surface area (Å²) in [4.78, 5) is 0.981. The maximum atomic E-state index is 5.41. The van der Waals surface area contributed by atoms with Gasteiger partial charge < -0.3 is 10.1 Å². The average molecular weight is 237 g/mol. The van der Waals surface area contributed by atoms with Gasteiger partial charge in [0.1, 0.15) is 6.61 Å². The summed E-state index contributed by atoms with van der Waals surface area (Å²) in [5.41, 5.74) is 0.760. The van der Waals surface area contributed by atoms with E-state index in [4.69, 9.17) is 4.74 Å². The lowest BCUT2D eigenvalue weighted by Crippen LogP contribution is -2.13. The molecule has 0 heterocycles. The second-order valence-electron chi connectivity index (χ2n) is 3.26. The topological polar surface area (TPSA) is 21.3 Å². The van der Waals surface area contributed by atoms with E-state index in [-0.39, 0.29) is 0 Å². The molecule has 2 nitrogen and oxygen atoms in total. The van der Waals surface area contributed by atoms with Crippen molar-refractivity contribution in [3.8, 4) is 0 Å². The van der Waals surface area contributed by atoms with E-state index >= 15 is 0 Å². The van der Waals surface area contributed by atoms with Crippen LogP contribution in [0, 0.1) is 0 Å². The minimum Gasteiger partial charge on any atom is -0.492 e. The number of hydrogen-bond acceptors (Lipinski definition) is 3. The van der Waals surface area contributed by atoms with Crippen LogP contribution in [0.5, 0.6) is 0 Å². The standard InChI is InChI=1S/C13H19NOS/c1-7-8-12(5)15-9-11(4)14-13(6)16-10(2)3/h7-8,14H,1-2,4,6,9H2,3,5H3/b12-8+. The molecule has 0 atom stereocenters. The Morgan fingerprint density at radius 2 is 1.94 bits per heavy atom. The first-order chi connectivity index (χ1) is 7.45. The van der Waals surface area contributed by atoms with E-state index in [1.807, 2.05) is 13.8 Å². The van der Waals surface area contributed by atoms with Crippen molar-refractivity contribution in [3.05, 3.63) is 59.9 Å². The normalized spacial score (nSPS) is 10.5. The van der Waals surface area contributed by atoms with Gasteiger partial charge in [-0.1, -0.05) is 44.2 Å². The molecule has 0 aromatic rings. The lowest BCUT2D eigenvalue weighted by molar-refractivity contribution is 0.238. The van der Waals surface area contributed by atoms with Crippen molar-refractivity contribution in [1.29, 1.82) is 0 Å². The smallest absolute Gasteiger partial charge is 0.127 e. The van der Waals surface area contributed by atoms with Crippen molar-refractivity contribution in [3.63, 3.8) is 0 Å². The Kier molecular flexibility index (Phi) is 7.21. The van der Waals surface area contributed by atoms with Gasteiger partial charge in [-0.3, -0.25) is 0 Å². The quantitative estimate of drug-likeness (QED) is 0.510. The van der Waals surface area contributed by atoms with Gasteiger partial charge in [0.05, 0.1) is 10.8 Å². The fraction of sp³-hybridized carbons (Fsp3) is 0.231. The average Bonchev–Trinajstić information content (AvgIpc) is 2.13. The van der Waals surface area contributed by atoms with E-state index < -0.39 is 0 Å². The van der Waals surface area contributed by atoms with E-state index in [1.54, 1.807) is 12.2 Å². The molecule has 0 fully saturated rings. The van der Waals surface area contributed by atoms with E-state index in [1.165, 1.54) is 11.8 Å². The number of hydrogen-bond donors (Lipinski definition) is 1. The van der Waals surface area contributed by atoms with Gasteiger partial charge in [0, 0.05) is 5.70 Å². The molecule has 88 valence electrons. The molecular weight excluding hydrogens is 218 g/mol. The molecule has 16 heavy (non-hydrogen) atoms. The van der Waals surface area contributed by atoms with E-state index in [9.17, 15) is 0 Å². The van der Waals surface area contributed by atoms with Crippen molar-refractivity contribution >= 4 is 11.8 Å². The fourth-order valence-corrected chi connectivity index (χ4v) is 1.50. The third-order valence-electron chi connectivity index (χ3n) is 1.44. The summed E-state index contributed by atoms with van der Waals surface area (Å²) in [6, 6.07) is 0. The summed E-state index contributed by atoms with van der Waals surface area (Å²) < 4.78 is 5.41. The summed E-state index contributed by atoms with van der Waals surface area (Å²) in [6.45, 7) is 19.3. The highest BCUT2D eigenvalue weighted by atomic mass is 32.2. The fourth-order valence-electron chi connectivity index (χ4n) is 0.884. The molecular formula is C13H19NOS. The van der Waals surface area contributed by atoms with Crippen molar-refractivity contribution in [1.82, 2.24) is 5.32 Å². The largest absolute Gasteiger partial charge is 0.492 e. The highest BCUT2D eigenvalue weighted by Gasteiger charge is 1.99. The summed E-state index contributed by atoms with van der Waals surface area (Å²) in [7, 11) is 0. The zero-order valence-corrected chi connectivity index (χ0v) is 10.8. The van der Waals surface area contributed by atoms with Crippen LogP contribution in [0.15, 0.2) is 59.9 Å². The van der Waals surface area contributed by atoms with Crippen molar-refractivity contribution in [2.45, 2.75) is 13.8 Å². The minimum atomic E-state index is 0.409. The van der Waals surface area contributed by atoms with Crippen LogP contribution in [0.25, 0.3) is 0 Å². The molecule has 0 aromatic carbocycles. The summed E-state index contributed by atoms with van der Waals surface area (Å²) >= 11 is 1.48. The van der Waals surface area contributed by atoms with E-state index in [0.717, 1.165) is 21.4 Å². The Morgan fingerprint density at radius 1 is 1.31 bits per heavy atom. The highest BCUT2D eigenvalue weighted by Crippen LogP contribution is 2.19. The summed E-state index contributed by atoms with van der Waals surface area (Å²) in [5.74, 6) is 0.802. The van der Waals surface area contributed by atoms with Crippen LogP contribution in [0.3, 0.4) is 0 Å². The summed E-state index contributed by atoms with van der Waals surface area (Å²) in [6.07, 6.45) is 3.48. The maximum Gasteiger partial charge on any atom is 0.127 e. The van der Waals surface area contributed by atoms with E-state index in [2.05, 4.69) is 31.6 Å². The Labute approximate surface area is 102 Å². The Bertz CT molecular complexity index is 329. The molecule has 0 radical (unpaired) electrons. The van der Waals surface area contributed by atoms with Crippen LogP contribution in [-0.4, -0.2) is 6.61 Å². The first-order valence-corrected chi connectivity index (χ1v) is 5.66. The van der Waals surface area contributed by atoms with Crippen LogP contribution in [0.4, 0.5) is 0 Å². The van der Waals surface area contributed by atoms with Gasteiger partial charge in [0.25, 0.3) is 0 Å². The van der Waals surface area contributed by atoms with Gasteiger partial charge in [-0.25, -0.2) is 0 Å². The molecule has 0 bridgehead atoms. The molecule has 0 aliphatic rings. The third-order valence-corrected chi connectivity index (χ3v) is 2.14. The van der Waals surface area contributed by atoms with Gasteiger partial charge in [-0.05, 0) is 24.8 Å².